The number of benzene rings is 2. The summed E-state index contributed by atoms with van der Waals surface area (Å²) in [6.45, 7) is 3.55. The summed E-state index contributed by atoms with van der Waals surface area (Å²) in [5.74, 6) is -0.182. The first kappa shape index (κ1) is 21.1. The van der Waals surface area contributed by atoms with Gasteiger partial charge in [-0.1, -0.05) is 48.2 Å². The molecule has 7 heteroatoms. The molecule has 0 fully saturated rings. The number of aryl methyl sites for hydroxylation is 1. The number of likely N-dealkylation sites (N-methyl/N-ethyl adjacent to an activating group) is 1. The van der Waals surface area contributed by atoms with Crippen molar-refractivity contribution in [2.45, 2.75) is 30.0 Å². The van der Waals surface area contributed by atoms with Crippen LogP contribution in [-0.2, 0) is 15.3 Å². The number of amides is 1. The van der Waals surface area contributed by atoms with Gasteiger partial charge in [0.05, 0.1) is 5.56 Å². The number of esters is 1. The van der Waals surface area contributed by atoms with Crippen LogP contribution < -0.4 is 4.90 Å². The summed E-state index contributed by atoms with van der Waals surface area (Å²) < 4.78 is 6.44. The van der Waals surface area contributed by atoms with Crippen molar-refractivity contribution in [1.29, 1.82) is 0 Å². The Labute approximate surface area is 178 Å². The van der Waals surface area contributed by atoms with Gasteiger partial charge in [0.1, 0.15) is 4.34 Å². The Morgan fingerprint density at radius 2 is 1.83 bits per heavy atom. The standard InChI is InChI=1S/C22H22N2O3S2/c1-15-13-28-22(23-15)29-14-17-9-7-8-12-19(17)21(26)27-16(2)20(25)24(3)18-10-5-4-6-11-18/h4-13,16H,14H2,1-3H3/t16-/m1/s1. The van der Waals surface area contributed by atoms with Crippen LogP contribution in [0.4, 0.5) is 5.69 Å². The van der Waals surface area contributed by atoms with Crippen LogP contribution in [0, 0.1) is 6.92 Å². The lowest BCUT2D eigenvalue weighted by atomic mass is 10.1. The van der Waals surface area contributed by atoms with E-state index in [1.807, 2.05) is 54.8 Å². The van der Waals surface area contributed by atoms with Crippen molar-refractivity contribution in [2.24, 2.45) is 0 Å². The van der Waals surface area contributed by atoms with Crippen LogP contribution in [0.1, 0.15) is 28.5 Å². The molecular formula is C22H22N2O3S2. The molecule has 0 N–H and O–H groups in total. The van der Waals surface area contributed by atoms with E-state index in [4.69, 9.17) is 4.74 Å². The topological polar surface area (TPSA) is 59.5 Å². The first-order valence-corrected chi connectivity index (χ1v) is 11.0. The number of aromatic nitrogens is 1. The van der Waals surface area contributed by atoms with E-state index < -0.39 is 12.1 Å². The quantitative estimate of drug-likeness (QED) is 0.395. The average molecular weight is 427 g/mol. The average Bonchev–Trinajstić information content (AvgIpc) is 3.17. The molecular weight excluding hydrogens is 404 g/mol. The van der Waals surface area contributed by atoms with Gasteiger partial charge < -0.3 is 9.64 Å². The van der Waals surface area contributed by atoms with E-state index in [1.54, 1.807) is 49.2 Å². The number of hydrogen-bond donors (Lipinski definition) is 0. The van der Waals surface area contributed by atoms with Gasteiger partial charge in [0.25, 0.3) is 5.91 Å². The van der Waals surface area contributed by atoms with Crippen LogP contribution in [0.25, 0.3) is 0 Å². The second kappa shape index (κ2) is 9.71. The van der Waals surface area contributed by atoms with Crippen LogP contribution >= 0.6 is 23.1 Å². The van der Waals surface area contributed by atoms with Gasteiger partial charge in [0.2, 0.25) is 0 Å². The third kappa shape index (κ3) is 5.46. The van der Waals surface area contributed by atoms with E-state index in [-0.39, 0.29) is 5.91 Å². The van der Waals surface area contributed by atoms with Crippen molar-refractivity contribution in [3.8, 4) is 0 Å². The molecule has 29 heavy (non-hydrogen) atoms. The highest BCUT2D eigenvalue weighted by Gasteiger charge is 2.24. The summed E-state index contributed by atoms with van der Waals surface area (Å²) in [4.78, 5) is 31.3. The molecule has 2 aromatic carbocycles. The highest BCUT2D eigenvalue weighted by Crippen LogP contribution is 2.27. The van der Waals surface area contributed by atoms with E-state index >= 15 is 0 Å². The van der Waals surface area contributed by atoms with E-state index in [9.17, 15) is 9.59 Å². The fraction of sp³-hybridized carbons (Fsp3) is 0.227. The van der Waals surface area contributed by atoms with Gasteiger partial charge in [-0.25, -0.2) is 9.78 Å². The normalized spacial score (nSPS) is 11.7. The summed E-state index contributed by atoms with van der Waals surface area (Å²) in [6, 6.07) is 16.6. The van der Waals surface area contributed by atoms with Gasteiger partial charge in [-0.3, -0.25) is 4.79 Å². The van der Waals surface area contributed by atoms with Crippen molar-refractivity contribution in [1.82, 2.24) is 4.98 Å². The predicted molar refractivity (Wildman–Crippen MR) is 118 cm³/mol. The zero-order valence-corrected chi connectivity index (χ0v) is 18.1. The molecule has 0 radical (unpaired) electrons. The lowest BCUT2D eigenvalue weighted by Crippen LogP contribution is -2.37. The molecule has 1 atom stereocenters. The summed E-state index contributed by atoms with van der Waals surface area (Å²) in [5, 5.41) is 2.00. The maximum Gasteiger partial charge on any atom is 0.339 e. The van der Waals surface area contributed by atoms with E-state index in [0.29, 0.717) is 11.3 Å². The zero-order chi connectivity index (χ0) is 20.8. The minimum atomic E-state index is -0.893. The minimum Gasteiger partial charge on any atom is -0.449 e. The first-order valence-electron chi connectivity index (χ1n) is 9.12. The van der Waals surface area contributed by atoms with Gasteiger partial charge in [-0.05, 0) is 37.6 Å². The fourth-order valence-corrected chi connectivity index (χ4v) is 4.56. The Morgan fingerprint density at radius 1 is 1.14 bits per heavy atom. The van der Waals surface area contributed by atoms with Gasteiger partial charge >= 0.3 is 5.97 Å². The zero-order valence-electron chi connectivity index (χ0n) is 16.5. The number of carbonyl (C=O) groups excluding carboxylic acids is 2. The van der Waals surface area contributed by atoms with Gasteiger partial charge in [-0.15, -0.1) is 11.3 Å². The largest absolute Gasteiger partial charge is 0.449 e. The number of anilines is 1. The van der Waals surface area contributed by atoms with Crippen LogP contribution in [0.3, 0.4) is 0 Å². The molecule has 3 rings (SSSR count). The molecule has 1 heterocycles. The van der Waals surface area contributed by atoms with Crippen molar-refractivity contribution in [3.05, 3.63) is 76.8 Å². The lowest BCUT2D eigenvalue weighted by molar-refractivity contribution is -0.126. The predicted octanol–water partition coefficient (Wildman–Crippen LogP) is 4.95. The van der Waals surface area contributed by atoms with E-state index in [0.717, 1.165) is 21.3 Å². The maximum atomic E-state index is 12.7. The maximum absolute atomic E-state index is 12.7. The van der Waals surface area contributed by atoms with Crippen LogP contribution in [0.2, 0.25) is 0 Å². The lowest BCUT2D eigenvalue weighted by Gasteiger charge is -2.22. The Bertz CT molecular complexity index is 988. The third-order valence-electron chi connectivity index (χ3n) is 4.29. The molecule has 3 aromatic rings. The molecule has 150 valence electrons. The van der Waals surface area contributed by atoms with Crippen LogP contribution in [-0.4, -0.2) is 30.0 Å². The van der Waals surface area contributed by atoms with Crippen molar-refractivity contribution >= 4 is 40.7 Å². The summed E-state index contributed by atoms with van der Waals surface area (Å²) in [5.41, 5.74) is 3.05. The molecule has 0 aliphatic rings. The second-order valence-electron chi connectivity index (χ2n) is 6.48. The Kier molecular flexibility index (Phi) is 7.06. The number of thioether (sulfide) groups is 1. The molecule has 1 aromatic heterocycles. The smallest absolute Gasteiger partial charge is 0.339 e. The Hall–Kier alpha value is -2.64. The molecule has 0 bridgehead atoms. The number of para-hydroxylation sites is 1. The van der Waals surface area contributed by atoms with E-state index in [2.05, 4.69) is 4.98 Å². The summed E-state index contributed by atoms with van der Waals surface area (Å²) in [6.07, 6.45) is -0.893. The minimum absolute atomic E-state index is 0.283. The number of hydrogen-bond acceptors (Lipinski definition) is 6. The Morgan fingerprint density at radius 3 is 2.52 bits per heavy atom. The molecule has 0 saturated carbocycles. The van der Waals surface area contributed by atoms with Gasteiger partial charge in [0.15, 0.2) is 6.10 Å². The van der Waals surface area contributed by atoms with Gasteiger partial charge in [0, 0.05) is 29.6 Å². The SMILES string of the molecule is Cc1csc(SCc2ccccc2C(=O)O[C@H](C)C(=O)N(C)c2ccccc2)n1. The first-order chi connectivity index (χ1) is 14.0. The summed E-state index contributed by atoms with van der Waals surface area (Å²) >= 11 is 3.16. The number of ether oxygens (including phenoxy) is 1. The van der Waals surface area contributed by atoms with Crippen LogP contribution in [0.5, 0.6) is 0 Å². The Balaban J connectivity index is 1.66. The number of carbonyl (C=O) groups is 2. The highest BCUT2D eigenvalue weighted by molar-refractivity contribution is 8.00. The van der Waals surface area contributed by atoms with Crippen molar-refractivity contribution in [3.63, 3.8) is 0 Å². The molecule has 0 saturated heterocycles. The summed E-state index contributed by atoms with van der Waals surface area (Å²) in [7, 11) is 1.67. The molecule has 0 spiro atoms. The number of rotatable bonds is 7. The fourth-order valence-electron chi connectivity index (χ4n) is 2.71. The third-order valence-corrected chi connectivity index (χ3v) is 6.48. The molecule has 0 aliphatic carbocycles. The van der Waals surface area contributed by atoms with Crippen LogP contribution in [0.15, 0.2) is 64.3 Å². The molecule has 0 unspecified atom stereocenters. The van der Waals surface area contributed by atoms with Crippen molar-refractivity contribution < 1.29 is 14.3 Å². The second-order valence-corrected chi connectivity index (χ2v) is 8.56. The number of nitrogens with zero attached hydrogens (tertiary/aromatic N) is 2. The highest BCUT2D eigenvalue weighted by atomic mass is 32.2. The molecule has 5 nitrogen and oxygen atoms in total. The van der Waals surface area contributed by atoms with Gasteiger partial charge in [-0.2, -0.15) is 0 Å². The number of thiazole rings is 1. The molecule has 0 aliphatic heterocycles. The monoisotopic (exact) mass is 426 g/mol. The van der Waals surface area contributed by atoms with E-state index in [1.165, 1.54) is 4.90 Å². The molecule has 1 amide bonds. The van der Waals surface area contributed by atoms with Crippen molar-refractivity contribution in [2.75, 3.05) is 11.9 Å².